The molecule has 1 atom stereocenters. The van der Waals surface area contributed by atoms with E-state index in [9.17, 15) is 5.11 Å². The van der Waals surface area contributed by atoms with E-state index in [1.54, 1.807) is 0 Å². The van der Waals surface area contributed by atoms with Crippen molar-refractivity contribution < 1.29 is 14.6 Å². The zero-order valence-electron chi connectivity index (χ0n) is 13.9. The minimum atomic E-state index is -0.522. The smallest absolute Gasteiger partial charge is 0.127 e. The van der Waals surface area contributed by atoms with E-state index in [2.05, 4.69) is 30.9 Å². The minimum Gasteiger partial charge on any atom is -0.490 e. The number of β-amino-alcohol motifs (C(OH)–C–C–N with tert-alkyl or cyclic N) is 1. The van der Waals surface area contributed by atoms with Gasteiger partial charge >= 0.3 is 0 Å². The fourth-order valence-corrected chi connectivity index (χ4v) is 3.04. The maximum atomic E-state index is 10.4. The van der Waals surface area contributed by atoms with Crippen molar-refractivity contribution in [3.05, 3.63) is 42.5 Å². The maximum Gasteiger partial charge on any atom is 0.127 e. The van der Waals surface area contributed by atoms with Crippen LogP contribution >= 0.6 is 0 Å². The van der Waals surface area contributed by atoms with E-state index in [4.69, 9.17) is 9.47 Å². The van der Waals surface area contributed by atoms with Gasteiger partial charge in [-0.1, -0.05) is 36.4 Å². The Kier molecular flexibility index (Phi) is 4.85. The average molecular weight is 315 g/mol. The fourth-order valence-electron chi connectivity index (χ4n) is 3.04. The molecule has 1 fully saturated rings. The molecule has 3 rings (SSSR count). The molecular formula is C19H25NO3. The Hall–Kier alpha value is -1.62. The summed E-state index contributed by atoms with van der Waals surface area (Å²) in [5, 5.41) is 12.6. The SMILES string of the molecule is CC1(C)COCCN1CC(O)COc1cccc2ccccc12. The Morgan fingerprint density at radius 1 is 1.22 bits per heavy atom. The topological polar surface area (TPSA) is 41.9 Å². The second-order valence-corrected chi connectivity index (χ2v) is 6.75. The van der Waals surface area contributed by atoms with E-state index in [-0.39, 0.29) is 5.54 Å². The molecule has 23 heavy (non-hydrogen) atoms. The normalized spacial score (nSPS) is 19.6. The first-order chi connectivity index (χ1) is 11.1. The molecule has 0 radical (unpaired) electrons. The van der Waals surface area contributed by atoms with Crippen molar-refractivity contribution in [2.75, 3.05) is 32.9 Å². The lowest BCUT2D eigenvalue weighted by Crippen LogP contribution is -2.55. The molecule has 4 heteroatoms. The Bertz CT molecular complexity index is 651. The predicted molar refractivity (Wildman–Crippen MR) is 91.9 cm³/mol. The molecule has 1 aliphatic heterocycles. The van der Waals surface area contributed by atoms with Gasteiger partial charge < -0.3 is 14.6 Å². The van der Waals surface area contributed by atoms with Gasteiger partial charge in [-0.3, -0.25) is 4.90 Å². The number of fused-ring (bicyclic) bond motifs is 1. The zero-order chi connectivity index (χ0) is 16.3. The summed E-state index contributed by atoms with van der Waals surface area (Å²) in [7, 11) is 0. The van der Waals surface area contributed by atoms with Crippen molar-refractivity contribution in [2.24, 2.45) is 0 Å². The molecule has 0 aromatic heterocycles. The quantitative estimate of drug-likeness (QED) is 0.921. The number of morpholine rings is 1. The molecule has 1 saturated heterocycles. The van der Waals surface area contributed by atoms with E-state index in [0.717, 1.165) is 29.7 Å². The summed E-state index contributed by atoms with van der Waals surface area (Å²) in [6, 6.07) is 14.1. The minimum absolute atomic E-state index is 0.0430. The highest BCUT2D eigenvalue weighted by Crippen LogP contribution is 2.25. The van der Waals surface area contributed by atoms with Gasteiger partial charge in [0, 0.05) is 24.0 Å². The van der Waals surface area contributed by atoms with Crippen LogP contribution in [-0.2, 0) is 4.74 Å². The highest BCUT2D eigenvalue weighted by molar-refractivity contribution is 5.88. The van der Waals surface area contributed by atoms with Gasteiger partial charge in [0.05, 0.1) is 13.2 Å². The van der Waals surface area contributed by atoms with Crippen molar-refractivity contribution >= 4 is 10.8 Å². The number of rotatable bonds is 5. The number of aliphatic hydroxyl groups is 1. The molecule has 0 spiro atoms. The Morgan fingerprint density at radius 2 is 2.00 bits per heavy atom. The van der Waals surface area contributed by atoms with Crippen LogP contribution in [0.2, 0.25) is 0 Å². The van der Waals surface area contributed by atoms with Crippen molar-refractivity contribution in [1.82, 2.24) is 4.90 Å². The van der Waals surface area contributed by atoms with Crippen molar-refractivity contribution in [2.45, 2.75) is 25.5 Å². The number of ether oxygens (including phenoxy) is 2. The number of aliphatic hydroxyl groups excluding tert-OH is 1. The maximum absolute atomic E-state index is 10.4. The van der Waals surface area contributed by atoms with E-state index >= 15 is 0 Å². The summed E-state index contributed by atoms with van der Waals surface area (Å²) in [6.45, 7) is 7.44. The van der Waals surface area contributed by atoms with Crippen LogP contribution in [0.15, 0.2) is 42.5 Å². The lowest BCUT2D eigenvalue weighted by molar-refractivity contribution is -0.0702. The molecule has 2 aromatic rings. The fraction of sp³-hybridized carbons (Fsp3) is 0.474. The van der Waals surface area contributed by atoms with Gasteiger partial charge in [0.2, 0.25) is 0 Å². The zero-order valence-corrected chi connectivity index (χ0v) is 13.9. The van der Waals surface area contributed by atoms with E-state index < -0.39 is 6.10 Å². The number of hydrogen-bond acceptors (Lipinski definition) is 4. The van der Waals surface area contributed by atoms with E-state index in [1.165, 1.54) is 0 Å². The summed E-state index contributed by atoms with van der Waals surface area (Å²) in [5.74, 6) is 0.823. The van der Waals surface area contributed by atoms with Crippen molar-refractivity contribution in [1.29, 1.82) is 0 Å². The third-order valence-corrected chi connectivity index (χ3v) is 4.43. The average Bonchev–Trinajstić information content (AvgIpc) is 2.55. The van der Waals surface area contributed by atoms with Crippen LogP contribution in [0.3, 0.4) is 0 Å². The first-order valence-corrected chi connectivity index (χ1v) is 8.18. The number of hydrogen-bond donors (Lipinski definition) is 1. The molecule has 1 heterocycles. The van der Waals surface area contributed by atoms with Crippen molar-refractivity contribution in [3.8, 4) is 5.75 Å². The molecule has 1 unspecified atom stereocenters. The van der Waals surface area contributed by atoms with Crippen LogP contribution in [0.25, 0.3) is 10.8 Å². The van der Waals surface area contributed by atoms with Gasteiger partial charge in [-0.25, -0.2) is 0 Å². The van der Waals surface area contributed by atoms with Crippen LogP contribution in [0.5, 0.6) is 5.75 Å². The third kappa shape index (κ3) is 3.83. The second kappa shape index (κ2) is 6.87. The summed E-state index contributed by atoms with van der Waals surface area (Å²) in [5.41, 5.74) is -0.0430. The van der Waals surface area contributed by atoms with Gasteiger partial charge in [-0.05, 0) is 25.3 Å². The summed E-state index contributed by atoms with van der Waals surface area (Å²) in [4.78, 5) is 2.27. The third-order valence-electron chi connectivity index (χ3n) is 4.43. The lowest BCUT2D eigenvalue weighted by Gasteiger charge is -2.42. The molecular weight excluding hydrogens is 290 g/mol. The van der Waals surface area contributed by atoms with Gasteiger partial charge in [0.25, 0.3) is 0 Å². The van der Waals surface area contributed by atoms with E-state index in [0.29, 0.717) is 19.8 Å². The molecule has 0 bridgehead atoms. The molecule has 0 saturated carbocycles. The molecule has 1 N–H and O–H groups in total. The first-order valence-electron chi connectivity index (χ1n) is 8.18. The van der Waals surface area contributed by atoms with Gasteiger partial charge in [0.1, 0.15) is 18.5 Å². The predicted octanol–water partition coefficient (Wildman–Crippen LogP) is 2.69. The van der Waals surface area contributed by atoms with Gasteiger partial charge in [-0.15, -0.1) is 0 Å². The Morgan fingerprint density at radius 3 is 2.83 bits per heavy atom. The van der Waals surface area contributed by atoms with Crippen LogP contribution in [0.1, 0.15) is 13.8 Å². The monoisotopic (exact) mass is 315 g/mol. The first kappa shape index (κ1) is 16.2. The second-order valence-electron chi connectivity index (χ2n) is 6.75. The van der Waals surface area contributed by atoms with E-state index in [1.807, 2.05) is 30.3 Å². The van der Waals surface area contributed by atoms with Crippen LogP contribution in [0.4, 0.5) is 0 Å². The Balaban J connectivity index is 1.61. The van der Waals surface area contributed by atoms with Crippen molar-refractivity contribution in [3.63, 3.8) is 0 Å². The van der Waals surface area contributed by atoms with Crippen LogP contribution in [-0.4, -0.2) is 54.6 Å². The highest BCUT2D eigenvalue weighted by atomic mass is 16.5. The number of benzene rings is 2. The Labute approximate surface area is 137 Å². The summed E-state index contributed by atoms with van der Waals surface area (Å²) < 4.78 is 11.4. The molecule has 0 amide bonds. The lowest BCUT2D eigenvalue weighted by atomic mass is 10.0. The summed E-state index contributed by atoms with van der Waals surface area (Å²) in [6.07, 6.45) is -0.522. The number of nitrogens with zero attached hydrogens (tertiary/aromatic N) is 1. The molecule has 4 nitrogen and oxygen atoms in total. The molecule has 124 valence electrons. The van der Waals surface area contributed by atoms with Crippen LogP contribution < -0.4 is 4.74 Å². The van der Waals surface area contributed by atoms with Gasteiger partial charge in [-0.2, -0.15) is 0 Å². The molecule has 1 aliphatic rings. The molecule has 0 aliphatic carbocycles. The summed E-state index contributed by atoms with van der Waals surface area (Å²) >= 11 is 0. The van der Waals surface area contributed by atoms with Crippen LogP contribution in [0, 0.1) is 0 Å². The molecule has 2 aromatic carbocycles. The van der Waals surface area contributed by atoms with Gasteiger partial charge in [0.15, 0.2) is 0 Å². The standard InChI is InChI=1S/C19H25NO3/c1-19(2)14-22-11-10-20(19)12-16(21)13-23-18-9-5-7-15-6-3-4-8-17(15)18/h3-9,16,21H,10-14H2,1-2H3. The highest BCUT2D eigenvalue weighted by Gasteiger charge is 2.31. The largest absolute Gasteiger partial charge is 0.490 e.